The van der Waals surface area contributed by atoms with E-state index in [9.17, 15) is 18.0 Å². The number of carbonyl (C=O) groups is 2. The molecule has 0 saturated carbocycles. The number of imidazole rings is 1. The Balaban J connectivity index is 1.18. The van der Waals surface area contributed by atoms with Crippen LogP contribution in [-0.2, 0) is 26.0 Å². The summed E-state index contributed by atoms with van der Waals surface area (Å²) in [5.74, 6) is -0.332. The Morgan fingerprint density at radius 2 is 1.81 bits per heavy atom. The summed E-state index contributed by atoms with van der Waals surface area (Å²) in [5, 5.41) is 2.24. The maximum absolute atomic E-state index is 13.0. The first-order valence-corrected chi connectivity index (χ1v) is 14.2. The molecule has 0 N–H and O–H groups in total. The summed E-state index contributed by atoms with van der Waals surface area (Å²) >= 11 is 6.01. The summed E-state index contributed by atoms with van der Waals surface area (Å²) in [7, 11) is -3.61. The number of carbonyl (C=O) groups excluding carboxylic acids is 2. The average molecular weight is 529 g/mol. The molecule has 36 heavy (non-hydrogen) atoms. The number of piperidine rings is 1. The fraction of sp³-hybridized carbons (Fsp3) is 0.423. The highest BCUT2D eigenvalue weighted by Gasteiger charge is 2.37. The second kappa shape index (κ2) is 9.52. The van der Waals surface area contributed by atoms with Gasteiger partial charge in [0, 0.05) is 30.6 Å². The molecule has 0 aliphatic carbocycles. The van der Waals surface area contributed by atoms with E-state index in [2.05, 4.69) is 4.98 Å². The molecule has 0 bridgehead atoms. The molecular formula is C26H29ClN4O4S. The Morgan fingerprint density at radius 1 is 1.11 bits per heavy atom. The minimum absolute atomic E-state index is 0.0573. The summed E-state index contributed by atoms with van der Waals surface area (Å²) in [6, 6.07) is 9.99. The first kappa shape index (κ1) is 24.8. The van der Waals surface area contributed by atoms with E-state index in [4.69, 9.17) is 11.6 Å². The number of nitrogens with zero attached hydrogens (tertiary/aromatic N) is 4. The number of aromatic nitrogens is 2. The molecule has 10 heteroatoms. The van der Waals surface area contributed by atoms with Crippen LogP contribution in [0.5, 0.6) is 0 Å². The van der Waals surface area contributed by atoms with Crippen molar-refractivity contribution in [2.45, 2.75) is 56.6 Å². The Hall–Kier alpha value is -2.91. The standard InChI is InChI=1S/C26H29ClN4O4S/c1-17-24-15-30(26(33)18(2)31(24)16-28-17)22-7-10-29(11-8-22)25(32)9-12-36(34,35)23-6-4-19-13-21(27)5-3-20(19)14-23/h3-6,13-14,16,18,22H,7-12,15H2,1-2H3. The lowest BCUT2D eigenvalue weighted by Crippen LogP contribution is -2.52. The number of sulfone groups is 1. The lowest BCUT2D eigenvalue weighted by atomic mass is 10.00. The van der Waals surface area contributed by atoms with Crippen molar-refractivity contribution < 1.29 is 18.0 Å². The number of halogens is 1. The van der Waals surface area contributed by atoms with Crippen molar-refractivity contribution >= 4 is 44.0 Å². The zero-order chi connectivity index (χ0) is 25.6. The summed E-state index contributed by atoms with van der Waals surface area (Å²) in [6.07, 6.45) is 3.02. The van der Waals surface area contributed by atoms with Crippen LogP contribution in [0.25, 0.3) is 10.8 Å². The van der Waals surface area contributed by atoms with Crippen LogP contribution in [0.15, 0.2) is 47.6 Å². The van der Waals surface area contributed by atoms with Gasteiger partial charge in [0.15, 0.2) is 9.84 Å². The zero-order valence-corrected chi connectivity index (χ0v) is 21.9. The topological polar surface area (TPSA) is 92.6 Å². The molecule has 0 spiro atoms. The van der Waals surface area contributed by atoms with Gasteiger partial charge in [0.1, 0.15) is 6.04 Å². The Kier molecular flexibility index (Phi) is 6.55. The molecule has 3 heterocycles. The van der Waals surface area contributed by atoms with Crippen molar-refractivity contribution in [2.24, 2.45) is 0 Å². The molecule has 0 radical (unpaired) electrons. The normalized spacial score (nSPS) is 19.1. The predicted octanol–water partition coefficient (Wildman–Crippen LogP) is 3.76. The second-order valence-corrected chi connectivity index (χ2v) is 12.2. The number of hydrogen-bond acceptors (Lipinski definition) is 5. The molecule has 1 saturated heterocycles. The summed E-state index contributed by atoms with van der Waals surface area (Å²) in [5.41, 5.74) is 1.99. The van der Waals surface area contributed by atoms with Crippen molar-refractivity contribution in [2.75, 3.05) is 18.8 Å². The third-order valence-corrected chi connectivity index (χ3v) is 9.41. The van der Waals surface area contributed by atoms with Crippen LogP contribution in [0.3, 0.4) is 0 Å². The van der Waals surface area contributed by atoms with Gasteiger partial charge in [0.2, 0.25) is 11.8 Å². The fourth-order valence-electron chi connectivity index (χ4n) is 5.23. The molecule has 1 unspecified atom stereocenters. The van der Waals surface area contributed by atoms with Crippen LogP contribution in [0.2, 0.25) is 5.02 Å². The van der Waals surface area contributed by atoms with E-state index in [1.54, 1.807) is 47.6 Å². The third-order valence-electron chi connectivity index (χ3n) is 7.46. The number of likely N-dealkylation sites (tertiary alicyclic amines) is 1. The zero-order valence-electron chi connectivity index (χ0n) is 20.4. The van der Waals surface area contributed by atoms with Crippen molar-refractivity contribution in [1.82, 2.24) is 19.4 Å². The largest absolute Gasteiger partial charge is 0.343 e. The van der Waals surface area contributed by atoms with Gasteiger partial charge in [-0.15, -0.1) is 0 Å². The van der Waals surface area contributed by atoms with Crippen molar-refractivity contribution in [1.29, 1.82) is 0 Å². The Morgan fingerprint density at radius 3 is 2.56 bits per heavy atom. The molecular weight excluding hydrogens is 500 g/mol. The smallest absolute Gasteiger partial charge is 0.246 e. The minimum Gasteiger partial charge on any atom is -0.343 e. The van der Waals surface area contributed by atoms with Gasteiger partial charge in [-0.3, -0.25) is 9.59 Å². The van der Waals surface area contributed by atoms with Gasteiger partial charge >= 0.3 is 0 Å². The molecule has 2 amide bonds. The van der Waals surface area contributed by atoms with E-state index < -0.39 is 9.84 Å². The highest BCUT2D eigenvalue weighted by molar-refractivity contribution is 7.91. The van der Waals surface area contributed by atoms with E-state index >= 15 is 0 Å². The molecule has 5 rings (SSSR count). The van der Waals surface area contributed by atoms with Gasteiger partial charge in [0.25, 0.3) is 0 Å². The SMILES string of the molecule is Cc1ncn2c1CN(C1CCN(C(=O)CCS(=O)(=O)c3ccc4cc(Cl)ccc4c3)CC1)C(=O)C2C. The van der Waals surface area contributed by atoms with Crippen LogP contribution >= 0.6 is 11.6 Å². The molecule has 190 valence electrons. The summed E-state index contributed by atoms with van der Waals surface area (Å²) in [4.78, 5) is 34.0. The number of fused-ring (bicyclic) bond motifs is 2. The van der Waals surface area contributed by atoms with Gasteiger partial charge in [-0.2, -0.15) is 0 Å². The average Bonchev–Trinajstić information content (AvgIpc) is 3.25. The quantitative estimate of drug-likeness (QED) is 0.503. The molecule has 8 nitrogen and oxygen atoms in total. The number of aryl methyl sites for hydroxylation is 1. The Labute approximate surface area is 215 Å². The summed E-state index contributed by atoms with van der Waals surface area (Å²) in [6.45, 7) is 5.40. The van der Waals surface area contributed by atoms with Crippen LogP contribution in [0.1, 0.15) is 43.6 Å². The van der Waals surface area contributed by atoms with E-state index in [0.29, 0.717) is 37.5 Å². The van der Waals surface area contributed by atoms with E-state index in [0.717, 1.165) is 22.2 Å². The molecule has 3 aromatic rings. The molecule has 1 fully saturated rings. The maximum atomic E-state index is 13.0. The van der Waals surface area contributed by atoms with Crippen molar-refractivity contribution in [3.8, 4) is 0 Å². The first-order valence-electron chi connectivity index (χ1n) is 12.2. The van der Waals surface area contributed by atoms with Crippen LogP contribution in [0.4, 0.5) is 0 Å². The number of amides is 2. The lowest BCUT2D eigenvalue weighted by molar-refractivity contribution is -0.141. The van der Waals surface area contributed by atoms with Crippen molar-refractivity contribution in [3.05, 3.63) is 59.1 Å². The van der Waals surface area contributed by atoms with Gasteiger partial charge < -0.3 is 14.4 Å². The first-order chi connectivity index (χ1) is 17.1. The van der Waals surface area contributed by atoms with Crippen LogP contribution in [-0.4, -0.2) is 64.5 Å². The minimum atomic E-state index is -3.61. The number of hydrogen-bond donors (Lipinski definition) is 0. The van der Waals surface area contributed by atoms with Crippen LogP contribution < -0.4 is 0 Å². The molecule has 1 atom stereocenters. The van der Waals surface area contributed by atoms with Gasteiger partial charge in [-0.1, -0.05) is 23.7 Å². The molecule has 2 aliphatic rings. The van der Waals surface area contributed by atoms with Gasteiger partial charge in [-0.25, -0.2) is 13.4 Å². The monoisotopic (exact) mass is 528 g/mol. The number of benzene rings is 2. The van der Waals surface area contributed by atoms with Gasteiger partial charge in [-0.05, 0) is 61.7 Å². The summed E-state index contributed by atoms with van der Waals surface area (Å²) < 4.78 is 27.8. The molecule has 2 aromatic carbocycles. The maximum Gasteiger partial charge on any atom is 0.246 e. The molecule has 1 aromatic heterocycles. The highest BCUT2D eigenvalue weighted by Crippen LogP contribution is 2.29. The number of rotatable bonds is 5. The van der Waals surface area contributed by atoms with E-state index in [1.807, 2.05) is 23.3 Å². The van der Waals surface area contributed by atoms with Gasteiger partial charge in [0.05, 0.1) is 34.9 Å². The van der Waals surface area contributed by atoms with Crippen LogP contribution in [0, 0.1) is 6.92 Å². The second-order valence-electron chi connectivity index (χ2n) is 9.66. The fourth-order valence-corrected chi connectivity index (χ4v) is 6.67. The van der Waals surface area contributed by atoms with E-state index in [1.165, 1.54) is 0 Å². The molecule has 2 aliphatic heterocycles. The van der Waals surface area contributed by atoms with Crippen molar-refractivity contribution in [3.63, 3.8) is 0 Å². The Bertz CT molecular complexity index is 1440. The highest BCUT2D eigenvalue weighted by atomic mass is 35.5. The van der Waals surface area contributed by atoms with E-state index in [-0.39, 0.29) is 41.0 Å². The lowest BCUT2D eigenvalue weighted by Gasteiger charge is -2.42. The predicted molar refractivity (Wildman–Crippen MR) is 137 cm³/mol. The third kappa shape index (κ3) is 4.62.